The van der Waals surface area contributed by atoms with Crippen LogP contribution in [0.4, 0.5) is 0 Å². The molecule has 0 spiro atoms. The molecule has 2 nitrogen and oxygen atoms in total. The summed E-state index contributed by atoms with van der Waals surface area (Å²) in [5.41, 5.74) is 3.32. The number of nitrogens with one attached hydrogen (secondary N) is 1. The van der Waals surface area contributed by atoms with E-state index in [0.29, 0.717) is 11.5 Å². The first kappa shape index (κ1) is 14.5. The van der Waals surface area contributed by atoms with Gasteiger partial charge in [0.25, 0.3) is 0 Å². The summed E-state index contributed by atoms with van der Waals surface area (Å²) in [5, 5.41) is 3.69. The van der Waals surface area contributed by atoms with Crippen LogP contribution in [0.5, 0.6) is 0 Å². The number of benzene rings is 1. The molecule has 1 aliphatic carbocycles. The Hall–Kier alpha value is -0.860. The molecule has 0 aliphatic heterocycles. The van der Waals surface area contributed by atoms with Crippen LogP contribution in [0.25, 0.3) is 0 Å². The molecule has 0 heterocycles. The Morgan fingerprint density at radius 3 is 2.47 bits per heavy atom. The molecule has 1 N–H and O–H groups in total. The number of aryl methyl sites for hydroxylation is 1. The van der Waals surface area contributed by atoms with E-state index in [4.69, 9.17) is 4.74 Å². The predicted octanol–water partition coefficient (Wildman–Crippen LogP) is 3.72. The SMILES string of the molecule is CCc1ccc(C(C)NCC2(CCOC)CC2)cc1. The number of rotatable bonds is 8. The molecular weight excluding hydrogens is 234 g/mol. The van der Waals surface area contributed by atoms with Crippen molar-refractivity contribution in [2.45, 2.75) is 45.6 Å². The molecule has 106 valence electrons. The smallest absolute Gasteiger partial charge is 0.0468 e. The van der Waals surface area contributed by atoms with Crippen molar-refractivity contribution in [3.05, 3.63) is 35.4 Å². The van der Waals surface area contributed by atoms with Crippen LogP contribution in [0.2, 0.25) is 0 Å². The molecule has 1 aromatic rings. The Bertz CT molecular complexity index is 381. The molecule has 0 radical (unpaired) electrons. The van der Waals surface area contributed by atoms with Crippen LogP contribution in [-0.2, 0) is 11.2 Å². The van der Waals surface area contributed by atoms with Gasteiger partial charge in [-0.1, -0.05) is 31.2 Å². The molecule has 1 aliphatic rings. The lowest BCUT2D eigenvalue weighted by atomic mass is 10.0. The lowest BCUT2D eigenvalue weighted by molar-refractivity contribution is 0.170. The van der Waals surface area contributed by atoms with Crippen LogP contribution in [0.3, 0.4) is 0 Å². The molecule has 2 heteroatoms. The summed E-state index contributed by atoms with van der Waals surface area (Å²) in [4.78, 5) is 0. The average Bonchev–Trinajstić information content (AvgIpc) is 3.23. The van der Waals surface area contributed by atoms with Gasteiger partial charge < -0.3 is 10.1 Å². The third-order valence-corrected chi connectivity index (χ3v) is 4.46. The zero-order valence-corrected chi connectivity index (χ0v) is 12.5. The molecular formula is C17H27NO. The fourth-order valence-corrected chi connectivity index (χ4v) is 2.54. The van der Waals surface area contributed by atoms with Gasteiger partial charge in [-0.3, -0.25) is 0 Å². The lowest BCUT2D eigenvalue weighted by Crippen LogP contribution is -2.27. The van der Waals surface area contributed by atoms with Gasteiger partial charge in [0.2, 0.25) is 0 Å². The Balaban J connectivity index is 1.81. The zero-order valence-electron chi connectivity index (χ0n) is 12.5. The van der Waals surface area contributed by atoms with Crippen LogP contribution in [0.1, 0.15) is 50.3 Å². The van der Waals surface area contributed by atoms with E-state index in [2.05, 4.69) is 43.4 Å². The van der Waals surface area contributed by atoms with Gasteiger partial charge in [0, 0.05) is 26.3 Å². The fraction of sp³-hybridized carbons (Fsp3) is 0.647. The van der Waals surface area contributed by atoms with Crippen molar-refractivity contribution < 1.29 is 4.74 Å². The second kappa shape index (κ2) is 6.53. The van der Waals surface area contributed by atoms with Gasteiger partial charge >= 0.3 is 0 Å². The van der Waals surface area contributed by atoms with Crippen LogP contribution < -0.4 is 5.32 Å². The van der Waals surface area contributed by atoms with Gasteiger partial charge in [-0.25, -0.2) is 0 Å². The van der Waals surface area contributed by atoms with Crippen molar-refractivity contribution in [3.8, 4) is 0 Å². The van der Waals surface area contributed by atoms with Gasteiger partial charge in [0.15, 0.2) is 0 Å². The highest BCUT2D eigenvalue weighted by molar-refractivity contribution is 5.24. The van der Waals surface area contributed by atoms with Crippen LogP contribution in [-0.4, -0.2) is 20.3 Å². The number of hydrogen-bond acceptors (Lipinski definition) is 2. The molecule has 1 unspecified atom stereocenters. The summed E-state index contributed by atoms with van der Waals surface area (Å²) in [6.07, 6.45) is 5.01. The normalized spacial score (nSPS) is 18.3. The molecule has 1 aromatic carbocycles. The summed E-state index contributed by atoms with van der Waals surface area (Å²) in [7, 11) is 1.79. The van der Waals surface area contributed by atoms with Gasteiger partial charge in [0.1, 0.15) is 0 Å². The molecule has 0 saturated heterocycles. The van der Waals surface area contributed by atoms with E-state index in [0.717, 1.165) is 19.6 Å². The highest BCUT2D eigenvalue weighted by Crippen LogP contribution is 2.48. The predicted molar refractivity (Wildman–Crippen MR) is 80.4 cm³/mol. The monoisotopic (exact) mass is 261 g/mol. The summed E-state index contributed by atoms with van der Waals surface area (Å²) in [6.45, 7) is 6.46. The first-order valence-electron chi connectivity index (χ1n) is 7.50. The van der Waals surface area contributed by atoms with E-state index in [-0.39, 0.29) is 0 Å². The Labute approximate surface area is 117 Å². The molecule has 1 fully saturated rings. The molecule has 0 bridgehead atoms. The van der Waals surface area contributed by atoms with Crippen LogP contribution >= 0.6 is 0 Å². The second-order valence-electron chi connectivity index (χ2n) is 5.94. The first-order valence-corrected chi connectivity index (χ1v) is 7.50. The standard InChI is InChI=1S/C17H27NO/c1-4-15-5-7-16(8-6-15)14(2)18-13-17(9-10-17)11-12-19-3/h5-8,14,18H,4,9-13H2,1-3H3. The maximum Gasteiger partial charge on any atom is 0.0468 e. The average molecular weight is 261 g/mol. The minimum absolute atomic E-state index is 0.436. The van der Waals surface area contributed by atoms with E-state index >= 15 is 0 Å². The van der Waals surface area contributed by atoms with Gasteiger partial charge in [0.05, 0.1) is 0 Å². The van der Waals surface area contributed by atoms with Crippen LogP contribution in [0, 0.1) is 5.41 Å². The summed E-state index contributed by atoms with van der Waals surface area (Å²) >= 11 is 0. The van der Waals surface area contributed by atoms with Gasteiger partial charge in [-0.05, 0) is 49.1 Å². The summed E-state index contributed by atoms with van der Waals surface area (Å²) in [5.74, 6) is 0. The zero-order chi connectivity index (χ0) is 13.7. The van der Waals surface area contributed by atoms with Crippen molar-refractivity contribution in [2.75, 3.05) is 20.3 Å². The van der Waals surface area contributed by atoms with Crippen molar-refractivity contribution >= 4 is 0 Å². The third kappa shape index (κ3) is 4.05. The van der Waals surface area contributed by atoms with Crippen molar-refractivity contribution in [3.63, 3.8) is 0 Å². The lowest BCUT2D eigenvalue weighted by Gasteiger charge is -2.20. The molecule has 2 rings (SSSR count). The molecule has 19 heavy (non-hydrogen) atoms. The topological polar surface area (TPSA) is 21.3 Å². The minimum atomic E-state index is 0.436. The molecule has 0 amide bonds. The number of methoxy groups -OCH3 is 1. The maximum atomic E-state index is 5.21. The summed E-state index contributed by atoms with van der Waals surface area (Å²) in [6, 6.07) is 9.43. The highest BCUT2D eigenvalue weighted by atomic mass is 16.5. The Morgan fingerprint density at radius 2 is 1.95 bits per heavy atom. The van der Waals surface area contributed by atoms with E-state index in [9.17, 15) is 0 Å². The largest absolute Gasteiger partial charge is 0.385 e. The van der Waals surface area contributed by atoms with Gasteiger partial charge in [-0.2, -0.15) is 0 Å². The quantitative estimate of drug-likeness (QED) is 0.770. The van der Waals surface area contributed by atoms with Gasteiger partial charge in [-0.15, -0.1) is 0 Å². The van der Waals surface area contributed by atoms with E-state index in [1.165, 1.54) is 30.4 Å². The Morgan fingerprint density at radius 1 is 1.26 bits per heavy atom. The molecule has 1 atom stereocenters. The third-order valence-electron chi connectivity index (χ3n) is 4.46. The van der Waals surface area contributed by atoms with Crippen molar-refractivity contribution in [1.29, 1.82) is 0 Å². The number of hydrogen-bond donors (Lipinski definition) is 1. The highest BCUT2D eigenvalue weighted by Gasteiger charge is 2.41. The molecule has 1 saturated carbocycles. The minimum Gasteiger partial charge on any atom is -0.385 e. The Kier molecular flexibility index (Phi) is 5.00. The first-order chi connectivity index (χ1) is 9.19. The van der Waals surface area contributed by atoms with E-state index in [1.807, 2.05) is 0 Å². The fourth-order valence-electron chi connectivity index (χ4n) is 2.54. The van der Waals surface area contributed by atoms with E-state index in [1.54, 1.807) is 7.11 Å². The maximum absolute atomic E-state index is 5.21. The molecule has 0 aromatic heterocycles. The number of ether oxygens (including phenoxy) is 1. The van der Waals surface area contributed by atoms with Crippen molar-refractivity contribution in [2.24, 2.45) is 5.41 Å². The van der Waals surface area contributed by atoms with Crippen LogP contribution in [0.15, 0.2) is 24.3 Å². The second-order valence-corrected chi connectivity index (χ2v) is 5.94. The van der Waals surface area contributed by atoms with E-state index < -0.39 is 0 Å². The summed E-state index contributed by atoms with van der Waals surface area (Å²) < 4.78 is 5.21. The van der Waals surface area contributed by atoms with Crippen molar-refractivity contribution in [1.82, 2.24) is 5.32 Å².